The van der Waals surface area contributed by atoms with Gasteiger partial charge in [-0.1, -0.05) is 0 Å². The van der Waals surface area contributed by atoms with Crippen molar-refractivity contribution in [3.8, 4) is 0 Å². The molecule has 0 aliphatic carbocycles. The summed E-state index contributed by atoms with van der Waals surface area (Å²) in [5.74, 6) is -0.853. The monoisotopic (exact) mass is 217 g/mol. The minimum absolute atomic E-state index is 0.166. The molecular weight excluding hydrogens is 210 g/mol. The predicted molar refractivity (Wildman–Crippen MR) is 53.0 cm³/mol. The molecule has 1 atom stereocenters. The van der Waals surface area contributed by atoms with Gasteiger partial charge in [-0.15, -0.1) is 23.3 Å². The van der Waals surface area contributed by atoms with Crippen LogP contribution in [0.1, 0.15) is 0 Å². The molecule has 1 N–H and O–H groups in total. The van der Waals surface area contributed by atoms with Crippen molar-refractivity contribution in [3.05, 3.63) is 0 Å². The molecular formula is C3H7NO2S4. The van der Waals surface area contributed by atoms with Gasteiger partial charge in [-0.2, -0.15) is 12.6 Å². The van der Waals surface area contributed by atoms with Gasteiger partial charge in [-0.3, -0.25) is 0 Å². The molecule has 0 spiro atoms. The first-order chi connectivity index (χ1) is 4.72. The van der Waals surface area contributed by atoms with Crippen molar-refractivity contribution >= 4 is 54.3 Å². The first kappa shape index (κ1) is 13.2. The second-order valence-electron chi connectivity index (χ2n) is 1.14. The molecule has 0 fully saturated rings. The Bertz CT molecular complexity index is 109. The van der Waals surface area contributed by atoms with Crippen LogP contribution in [0, 0.1) is 0 Å². The molecule has 0 radical (unpaired) electrons. The Hall–Kier alpha value is 0.540. The summed E-state index contributed by atoms with van der Waals surface area (Å²) < 4.78 is 3.11. The first-order valence-electron chi connectivity index (χ1n) is 2.08. The van der Waals surface area contributed by atoms with E-state index in [9.17, 15) is 4.79 Å². The zero-order chi connectivity index (χ0) is 8.57. The Morgan fingerprint density at radius 1 is 1.70 bits per heavy atom. The van der Waals surface area contributed by atoms with Crippen molar-refractivity contribution in [3.63, 3.8) is 0 Å². The van der Waals surface area contributed by atoms with E-state index in [2.05, 4.69) is 52.7 Å². The van der Waals surface area contributed by atoms with Gasteiger partial charge in [0.05, 0.1) is 0 Å². The molecule has 3 nitrogen and oxygen atoms in total. The van der Waals surface area contributed by atoms with Crippen molar-refractivity contribution in [1.29, 1.82) is 0 Å². The molecule has 0 bridgehead atoms. The van der Waals surface area contributed by atoms with Gasteiger partial charge < -0.3 is 5.11 Å². The van der Waals surface area contributed by atoms with Crippen LogP contribution in [0.25, 0.3) is 0 Å². The molecule has 7 heteroatoms. The maximum atomic E-state index is 9.95. The van der Waals surface area contributed by atoms with Crippen LogP contribution in [-0.2, 0) is 17.2 Å². The molecule has 10 heavy (non-hydrogen) atoms. The Morgan fingerprint density at radius 3 is 2.10 bits per heavy atom. The van der Waals surface area contributed by atoms with Gasteiger partial charge in [-0.25, -0.2) is 9.16 Å². The Labute approximate surface area is 80.4 Å². The average Bonchev–Trinajstić information content (AvgIpc) is 1.94. The van der Waals surface area contributed by atoms with Gasteiger partial charge in [0, 0.05) is 18.2 Å². The van der Waals surface area contributed by atoms with Crippen LogP contribution in [0.5, 0.6) is 0 Å². The zero-order valence-corrected chi connectivity index (χ0v) is 8.34. The van der Waals surface area contributed by atoms with Gasteiger partial charge in [0.1, 0.15) is 0 Å². The van der Waals surface area contributed by atoms with Crippen LogP contribution in [-0.4, -0.2) is 22.9 Å². The summed E-state index contributed by atoms with van der Waals surface area (Å²) in [4.78, 5) is 9.95. The van der Waals surface area contributed by atoms with Gasteiger partial charge in [0.25, 0.3) is 0 Å². The zero-order valence-electron chi connectivity index (χ0n) is 4.84. The van der Waals surface area contributed by atoms with E-state index < -0.39 is 12.0 Å². The molecule has 0 aromatic carbocycles. The fourth-order valence-electron chi connectivity index (χ4n) is 0.157. The summed E-state index contributed by atoms with van der Waals surface area (Å²) in [6.07, 6.45) is 0. The summed E-state index contributed by atoms with van der Waals surface area (Å²) in [6, 6.07) is -0.826. The number of hydrogen-bond donors (Lipinski definition) is 4. The van der Waals surface area contributed by atoms with E-state index in [1.165, 1.54) is 0 Å². The number of hydrogen-bond acceptors (Lipinski definition) is 6. The Morgan fingerprint density at radius 2 is 2.10 bits per heavy atom. The minimum Gasteiger partial charge on any atom is -0.480 e. The molecule has 0 aromatic heterocycles. The smallest absolute Gasteiger partial charge is 0.330 e. The first-order valence-corrected chi connectivity index (χ1v) is 4.68. The average molecular weight is 217 g/mol. The molecule has 0 aromatic rings. The number of carbonyl (C=O) groups is 1. The molecule has 0 saturated heterocycles. The number of carboxylic acid groups (broad SMARTS) is 1. The van der Waals surface area contributed by atoms with E-state index in [4.69, 9.17) is 5.11 Å². The van der Waals surface area contributed by atoms with Crippen molar-refractivity contribution in [2.45, 2.75) is 6.04 Å². The number of rotatable bonds is 3. The Balaban J connectivity index is 0. The molecule has 0 heterocycles. The predicted octanol–water partition coefficient (Wildman–Crippen LogP) is 0.861. The third-order valence-corrected chi connectivity index (χ3v) is 1.19. The molecule has 0 amide bonds. The molecule has 0 unspecified atom stereocenters. The highest BCUT2D eigenvalue weighted by molar-refractivity contribution is 8.59. The minimum atomic E-state index is -1.02. The van der Waals surface area contributed by atoms with Crippen molar-refractivity contribution in [1.82, 2.24) is 0 Å². The van der Waals surface area contributed by atoms with E-state index in [1.54, 1.807) is 0 Å². The summed E-state index contributed by atoms with van der Waals surface area (Å²) in [6.45, 7) is 0. The molecule has 0 aliphatic heterocycles. The maximum absolute atomic E-state index is 9.95. The number of nitrogens with zero attached hydrogens (tertiary/aromatic N) is 1. The summed E-state index contributed by atoms with van der Waals surface area (Å²) >= 11 is 14.3. The van der Waals surface area contributed by atoms with E-state index in [0.29, 0.717) is 0 Å². The van der Waals surface area contributed by atoms with Crippen molar-refractivity contribution < 1.29 is 9.90 Å². The summed E-state index contributed by atoms with van der Waals surface area (Å²) in [5, 5.41) is 8.16. The highest BCUT2D eigenvalue weighted by Gasteiger charge is 2.11. The Kier molecular flexibility index (Phi) is 12.5. The molecule has 0 aliphatic rings. The summed E-state index contributed by atoms with van der Waals surface area (Å²) in [5.41, 5.74) is 0. The van der Waals surface area contributed by atoms with Gasteiger partial charge in [0.15, 0.2) is 6.04 Å². The maximum Gasteiger partial charge on any atom is 0.330 e. The third kappa shape index (κ3) is 6.66. The van der Waals surface area contributed by atoms with Gasteiger partial charge >= 0.3 is 5.97 Å². The SMILES string of the molecule is O=C(O)[C@H](CS)N=S.SS. The quantitative estimate of drug-likeness (QED) is 0.419. The lowest BCUT2D eigenvalue weighted by molar-refractivity contribution is -0.137. The van der Waals surface area contributed by atoms with Crippen LogP contribution in [0.15, 0.2) is 4.36 Å². The van der Waals surface area contributed by atoms with Gasteiger partial charge in [0.2, 0.25) is 0 Å². The number of thiol groups is 3. The highest BCUT2D eigenvalue weighted by Crippen LogP contribution is 1.91. The second kappa shape index (κ2) is 9.54. The molecule has 0 saturated carbocycles. The molecule has 60 valence electrons. The fraction of sp³-hybridized carbons (Fsp3) is 0.667. The van der Waals surface area contributed by atoms with Crippen LogP contribution >= 0.6 is 36.0 Å². The second-order valence-corrected chi connectivity index (χ2v) is 1.72. The van der Waals surface area contributed by atoms with Crippen molar-refractivity contribution in [2.75, 3.05) is 5.75 Å². The highest BCUT2D eigenvalue weighted by atomic mass is 33.1. The topological polar surface area (TPSA) is 49.7 Å². The van der Waals surface area contributed by atoms with Crippen LogP contribution in [0.3, 0.4) is 0 Å². The van der Waals surface area contributed by atoms with E-state index in [-0.39, 0.29) is 5.75 Å². The van der Waals surface area contributed by atoms with E-state index in [0.717, 1.165) is 0 Å². The van der Waals surface area contributed by atoms with Crippen LogP contribution in [0.4, 0.5) is 0 Å². The lowest BCUT2D eigenvalue weighted by Gasteiger charge is -1.96. The summed E-state index contributed by atoms with van der Waals surface area (Å²) in [7, 11) is 0. The largest absolute Gasteiger partial charge is 0.480 e. The normalized spacial score (nSPS) is 10.7. The van der Waals surface area contributed by atoms with Gasteiger partial charge in [-0.05, 0) is 0 Å². The lowest BCUT2D eigenvalue weighted by atomic mass is 10.4. The standard InChI is InChI=1S/C3H5NO2S2.H2S2/c5-3(6)2(1-7)4-8;1-2/h2,7H,1H2,(H,5,6);1-2H/t2-;/m0./s1. The molecule has 0 rings (SSSR count). The van der Waals surface area contributed by atoms with Crippen molar-refractivity contribution in [2.24, 2.45) is 4.36 Å². The fourth-order valence-corrected chi connectivity index (χ4v) is 0.670. The lowest BCUT2D eigenvalue weighted by Crippen LogP contribution is -2.18. The van der Waals surface area contributed by atoms with Crippen LogP contribution < -0.4 is 0 Å². The number of carboxylic acids is 1. The van der Waals surface area contributed by atoms with E-state index >= 15 is 0 Å². The van der Waals surface area contributed by atoms with E-state index in [1.807, 2.05) is 0 Å². The van der Waals surface area contributed by atoms with Crippen LogP contribution in [0.2, 0.25) is 0 Å². The number of aliphatic carboxylic acids is 1. The third-order valence-electron chi connectivity index (χ3n) is 0.585.